The third kappa shape index (κ3) is 3.94. The number of nitrogens with zero attached hydrogens (tertiary/aromatic N) is 3. The minimum atomic E-state index is -4.52. The zero-order valence-corrected chi connectivity index (χ0v) is 15.1. The molecule has 1 unspecified atom stereocenters. The average molecular weight is 425 g/mol. The Balaban J connectivity index is 1.72. The van der Waals surface area contributed by atoms with Gasteiger partial charge in [0, 0.05) is 36.6 Å². The minimum absolute atomic E-state index is 0.0285. The van der Waals surface area contributed by atoms with E-state index in [-0.39, 0.29) is 30.0 Å². The van der Waals surface area contributed by atoms with Crippen LogP contribution >= 0.6 is 0 Å². The molecule has 0 N–H and O–H groups in total. The lowest BCUT2D eigenvalue weighted by Crippen LogP contribution is -2.12. The molecule has 30 heavy (non-hydrogen) atoms. The van der Waals surface area contributed by atoms with Gasteiger partial charge < -0.3 is 4.42 Å². The summed E-state index contributed by atoms with van der Waals surface area (Å²) in [5, 5.41) is 0. The molecule has 0 spiro atoms. The molecule has 0 bridgehead atoms. The van der Waals surface area contributed by atoms with E-state index >= 15 is 0 Å². The molecule has 4 rings (SSSR count). The first-order valence-electron chi connectivity index (χ1n) is 8.82. The summed E-state index contributed by atoms with van der Waals surface area (Å²) in [6, 6.07) is 4.53. The van der Waals surface area contributed by atoms with E-state index in [2.05, 4.69) is 15.0 Å². The minimum Gasteiger partial charge on any atom is -0.436 e. The van der Waals surface area contributed by atoms with Crippen molar-refractivity contribution in [1.82, 2.24) is 9.97 Å². The molecule has 0 aliphatic carbocycles. The first-order valence-corrected chi connectivity index (χ1v) is 8.82. The van der Waals surface area contributed by atoms with Crippen LogP contribution in [0.5, 0.6) is 0 Å². The second kappa shape index (κ2) is 7.26. The highest BCUT2D eigenvalue weighted by Crippen LogP contribution is 2.36. The Kier molecular flexibility index (Phi) is 4.87. The standard InChI is InChI=1S/C20H13F6N3O/c21-19(22,23)12-3-4-17-16(7-12)29-18(30-17)14-5-6-27-10-15(14)11-1-2-13(9-28-8-11)20(24,25)26/h2-7,9-11H,1,8H2. The van der Waals surface area contributed by atoms with Crippen molar-refractivity contribution in [2.75, 3.05) is 6.54 Å². The number of alkyl halides is 6. The van der Waals surface area contributed by atoms with Gasteiger partial charge in [0.1, 0.15) is 5.52 Å². The molecule has 0 saturated carbocycles. The molecule has 1 aromatic carbocycles. The highest BCUT2D eigenvalue weighted by atomic mass is 19.4. The number of halogens is 6. The SMILES string of the molecule is FC(F)(F)C1=CCC(c2cnccc2-c2nc3cc(C(F)(F)F)ccc3o2)CN=C1. The van der Waals surface area contributed by atoms with E-state index in [9.17, 15) is 26.3 Å². The number of fused-ring (bicyclic) bond motifs is 1. The van der Waals surface area contributed by atoms with Crippen molar-refractivity contribution in [2.24, 2.45) is 4.99 Å². The molecule has 0 saturated heterocycles. The fourth-order valence-electron chi connectivity index (χ4n) is 3.23. The number of hydrogen-bond acceptors (Lipinski definition) is 4. The Bertz CT molecular complexity index is 1140. The Hall–Kier alpha value is -3.17. The number of benzene rings is 1. The maximum atomic E-state index is 13.0. The van der Waals surface area contributed by atoms with Crippen LogP contribution in [0.4, 0.5) is 26.3 Å². The van der Waals surface area contributed by atoms with Crippen LogP contribution < -0.4 is 0 Å². The molecule has 0 amide bonds. The third-order valence-electron chi connectivity index (χ3n) is 4.74. The maximum absolute atomic E-state index is 13.0. The van der Waals surface area contributed by atoms with Gasteiger partial charge in [-0.1, -0.05) is 6.08 Å². The summed E-state index contributed by atoms with van der Waals surface area (Å²) < 4.78 is 83.3. The van der Waals surface area contributed by atoms with E-state index in [4.69, 9.17) is 4.42 Å². The number of aliphatic imine (C=N–C) groups is 1. The monoisotopic (exact) mass is 425 g/mol. The summed E-state index contributed by atoms with van der Waals surface area (Å²) in [5.74, 6) is -0.361. The average Bonchev–Trinajstić information content (AvgIpc) is 2.93. The fraction of sp³-hybridized carbons (Fsp3) is 0.250. The van der Waals surface area contributed by atoms with Crippen LogP contribution in [0.1, 0.15) is 23.5 Å². The van der Waals surface area contributed by atoms with Gasteiger partial charge in [0.25, 0.3) is 0 Å². The van der Waals surface area contributed by atoms with Crippen molar-refractivity contribution in [2.45, 2.75) is 24.7 Å². The van der Waals surface area contributed by atoms with Gasteiger partial charge in [0.15, 0.2) is 5.58 Å². The summed E-state index contributed by atoms with van der Waals surface area (Å²) in [6.07, 6.45) is -4.15. The van der Waals surface area contributed by atoms with Crippen molar-refractivity contribution in [1.29, 1.82) is 0 Å². The van der Waals surface area contributed by atoms with Crippen molar-refractivity contribution >= 4 is 17.3 Å². The van der Waals surface area contributed by atoms with E-state index < -0.39 is 29.4 Å². The molecule has 1 aliphatic heterocycles. The molecule has 2 aromatic heterocycles. The van der Waals surface area contributed by atoms with Gasteiger partial charge >= 0.3 is 12.4 Å². The normalized spacial score (nSPS) is 17.8. The Morgan fingerprint density at radius 1 is 1.00 bits per heavy atom. The third-order valence-corrected chi connectivity index (χ3v) is 4.74. The molecule has 1 aliphatic rings. The highest BCUT2D eigenvalue weighted by molar-refractivity contribution is 5.81. The number of aromatic nitrogens is 2. The van der Waals surface area contributed by atoms with Crippen LogP contribution in [-0.4, -0.2) is 28.9 Å². The quantitative estimate of drug-likeness (QED) is 0.477. The number of rotatable bonds is 2. The number of pyridine rings is 1. The summed E-state index contributed by atoms with van der Waals surface area (Å²) >= 11 is 0. The first kappa shape index (κ1) is 20.1. The van der Waals surface area contributed by atoms with Gasteiger partial charge in [-0.15, -0.1) is 0 Å². The van der Waals surface area contributed by atoms with E-state index in [1.165, 1.54) is 18.5 Å². The predicted molar refractivity (Wildman–Crippen MR) is 97.1 cm³/mol. The lowest BCUT2D eigenvalue weighted by atomic mass is 9.93. The van der Waals surface area contributed by atoms with Gasteiger partial charge in [-0.25, -0.2) is 4.98 Å². The molecule has 1 atom stereocenters. The van der Waals surface area contributed by atoms with Crippen molar-refractivity contribution in [3.63, 3.8) is 0 Å². The molecule has 156 valence electrons. The molecule has 3 heterocycles. The summed E-state index contributed by atoms with van der Waals surface area (Å²) in [5.41, 5.74) is -0.486. The first-order chi connectivity index (χ1) is 14.1. The van der Waals surface area contributed by atoms with E-state index in [1.807, 2.05) is 0 Å². The van der Waals surface area contributed by atoms with E-state index in [1.54, 1.807) is 6.07 Å². The summed E-state index contributed by atoms with van der Waals surface area (Å²) in [6.45, 7) is 0.0905. The molecular weight excluding hydrogens is 412 g/mol. The van der Waals surface area contributed by atoms with Crippen LogP contribution in [0.15, 0.2) is 57.7 Å². The molecule has 0 fully saturated rings. The van der Waals surface area contributed by atoms with Crippen molar-refractivity contribution in [3.05, 3.63) is 59.4 Å². The van der Waals surface area contributed by atoms with Gasteiger partial charge in [0.2, 0.25) is 5.89 Å². The van der Waals surface area contributed by atoms with Gasteiger partial charge in [-0.2, -0.15) is 26.3 Å². The van der Waals surface area contributed by atoms with Crippen LogP contribution in [0, 0.1) is 0 Å². The van der Waals surface area contributed by atoms with Crippen LogP contribution in [-0.2, 0) is 6.18 Å². The highest BCUT2D eigenvalue weighted by Gasteiger charge is 2.34. The van der Waals surface area contributed by atoms with Gasteiger partial charge in [-0.05, 0) is 36.2 Å². The van der Waals surface area contributed by atoms with Crippen molar-refractivity contribution < 1.29 is 30.8 Å². The van der Waals surface area contributed by atoms with Crippen LogP contribution in [0.3, 0.4) is 0 Å². The van der Waals surface area contributed by atoms with Crippen molar-refractivity contribution in [3.8, 4) is 11.5 Å². The largest absolute Gasteiger partial charge is 0.436 e. The second-order valence-electron chi connectivity index (χ2n) is 6.75. The number of allylic oxidation sites excluding steroid dienone is 2. The predicted octanol–water partition coefficient (Wildman–Crippen LogP) is 5.96. The van der Waals surface area contributed by atoms with Crippen LogP contribution in [0.2, 0.25) is 0 Å². The van der Waals surface area contributed by atoms with Gasteiger partial charge in [0.05, 0.1) is 11.1 Å². The molecular formula is C20H13F6N3O. The fourth-order valence-corrected chi connectivity index (χ4v) is 3.23. The molecule has 3 aromatic rings. The van der Waals surface area contributed by atoms with Gasteiger partial charge in [-0.3, -0.25) is 9.98 Å². The lowest BCUT2D eigenvalue weighted by Gasteiger charge is -2.14. The van der Waals surface area contributed by atoms with Crippen LogP contribution in [0.25, 0.3) is 22.6 Å². The van der Waals surface area contributed by atoms with E-state index in [0.29, 0.717) is 11.1 Å². The topological polar surface area (TPSA) is 51.3 Å². The summed E-state index contributed by atoms with van der Waals surface area (Å²) in [7, 11) is 0. The number of oxazole rings is 1. The zero-order chi connectivity index (χ0) is 21.5. The molecule has 4 nitrogen and oxygen atoms in total. The Morgan fingerprint density at radius 2 is 1.80 bits per heavy atom. The zero-order valence-electron chi connectivity index (χ0n) is 15.1. The molecule has 10 heteroatoms. The molecule has 0 radical (unpaired) electrons. The second-order valence-corrected chi connectivity index (χ2v) is 6.75. The van der Waals surface area contributed by atoms with E-state index in [0.717, 1.165) is 24.4 Å². The number of hydrogen-bond donors (Lipinski definition) is 0. The smallest absolute Gasteiger partial charge is 0.417 e. The Morgan fingerprint density at radius 3 is 2.53 bits per heavy atom. The maximum Gasteiger partial charge on any atom is 0.417 e. The Labute approximate surface area is 166 Å². The summed E-state index contributed by atoms with van der Waals surface area (Å²) in [4.78, 5) is 12.1. The lowest BCUT2D eigenvalue weighted by molar-refractivity contribution is -0.137.